The van der Waals surface area contributed by atoms with Gasteiger partial charge < -0.3 is 5.73 Å². The lowest BCUT2D eigenvalue weighted by Crippen LogP contribution is -2.35. The molecule has 1 aromatic rings. The van der Waals surface area contributed by atoms with Gasteiger partial charge in [0, 0.05) is 0 Å². The minimum Gasteiger partial charge on any atom is -0.318 e. The largest absolute Gasteiger partial charge is 0.318 e. The van der Waals surface area contributed by atoms with Crippen LogP contribution in [0.2, 0.25) is 0 Å². The molecule has 0 aliphatic heterocycles. The smallest absolute Gasteiger partial charge is 0.0599 e. The van der Waals surface area contributed by atoms with Crippen LogP contribution in [0.3, 0.4) is 0 Å². The molecule has 1 aliphatic rings. The molecule has 1 atom stereocenters. The molecule has 17 heavy (non-hydrogen) atoms. The quantitative estimate of drug-likeness (QED) is 0.762. The van der Waals surface area contributed by atoms with E-state index in [-0.39, 0.29) is 5.54 Å². The van der Waals surface area contributed by atoms with Crippen molar-refractivity contribution in [2.45, 2.75) is 46.1 Å². The molecule has 1 unspecified atom stereocenters. The zero-order valence-electron chi connectivity index (χ0n) is 11.4. The van der Waals surface area contributed by atoms with Crippen molar-refractivity contribution in [2.75, 3.05) is 0 Å². The second-order valence-corrected chi connectivity index (χ2v) is 6.06. The minimum absolute atomic E-state index is 0.310. The highest BCUT2D eigenvalue weighted by atomic mass is 14.7. The van der Waals surface area contributed by atoms with Gasteiger partial charge in [-0.1, -0.05) is 49.8 Å². The Kier molecular flexibility index (Phi) is 2.90. The zero-order valence-corrected chi connectivity index (χ0v) is 11.4. The molecule has 1 aliphatic carbocycles. The Morgan fingerprint density at radius 2 is 1.76 bits per heavy atom. The highest BCUT2D eigenvalue weighted by Gasteiger charge is 2.37. The van der Waals surface area contributed by atoms with Crippen molar-refractivity contribution in [1.29, 1.82) is 0 Å². The fraction of sp³-hybridized carbons (Fsp3) is 0.500. The molecule has 0 radical (unpaired) electrons. The van der Waals surface area contributed by atoms with Crippen LogP contribution >= 0.6 is 0 Å². The number of nitrogens with two attached hydrogens (primary N) is 1. The molecule has 0 heterocycles. The predicted octanol–water partition coefficient (Wildman–Crippen LogP) is 4.00. The fourth-order valence-corrected chi connectivity index (χ4v) is 2.83. The van der Waals surface area contributed by atoms with Crippen LogP contribution < -0.4 is 5.73 Å². The summed E-state index contributed by atoms with van der Waals surface area (Å²) in [6, 6.07) is 10.4. The normalized spacial score (nSPS) is 22.6. The van der Waals surface area contributed by atoms with Crippen molar-refractivity contribution >= 4 is 0 Å². The minimum atomic E-state index is -0.320. The van der Waals surface area contributed by atoms with Crippen LogP contribution in [0.4, 0.5) is 0 Å². The summed E-state index contributed by atoms with van der Waals surface area (Å²) in [5, 5.41) is 0. The van der Waals surface area contributed by atoms with Crippen molar-refractivity contribution in [1.82, 2.24) is 0 Å². The Labute approximate surface area is 105 Å². The first-order valence-electron chi connectivity index (χ1n) is 6.41. The number of benzene rings is 1. The number of allylic oxidation sites excluding steroid dienone is 1. The number of rotatable bonds is 2. The van der Waals surface area contributed by atoms with Crippen molar-refractivity contribution < 1.29 is 0 Å². The van der Waals surface area contributed by atoms with Gasteiger partial charge in [0.15, 0.2) is 0 Å². The summed E-state index contributed by atoms with van der Waals surface area (Å²) in [5.41, 5.74) is 10.7. The van der Waals surface area contributed by atoms with Crippen LogP contribution in [0.15, 0.2) is 41.5 Å². The van der Waals surface area contributed by atoms with Crippen molar-refractivity contribution in [3.05, 3.63) is 47.0 Å². The van der Waals surface area contributed by atoms with Gasteiger partial charge >= 0.3 is 0 Å². The van der Waals surface area contributed by atoms with Gasteiger partial charge in [-0.3, -0.25) is 0 Å². The maximum absolute atomic E-state index is 6.60. The Morgan fingerprint density at radius 1 is 1.18 bits per heavy atom. The van der Waals surface area contributed by atoms with Crippen molar-refractivity contribution in [3.63, 3.8) is 0 Å². The SMILES string of the molecule is CC1=C(C(C)(N)c2ccccc2)CCC1(C)C. The molecule has 0 bridgehead atoms. The predicted molar refractivity (Wildman–Crippen MR) is 73.7 cm³/mol. The van der Waals surface area contributed by atoms with E-state index in [0.717, 1.165) is 6.42 Å². The molecule has 0 spiro atoms. The van der Waals surface area contributed by atoms with E-state index < -0.39 is 0 Å². The second-order valence-electron chi connectivity index (χ2n) is 6.06. The topological polar surface area (TPSA) is 26.0 Å². The fourth-order valence-electron chi connectivity index (χ4n) is 2.83. The summed E-state index contributed by atoms with van der Waals surface area (Å²) in [7, 11) is 0. The Bertz CT molecular complexity index is 438. The maximum atomic E-state index is 6.60. The average molecular weight is 229 g/mol. The van der Waals surface area contributed by atoms with Crippen LogP contribution in [-0.2, 0) is 5.54 Å². The molecule has 2 rings (SSSR count). The van der Waals surface area contributed by atoms with Gasteiger partial charge in [-0.15, -0.1) is 0 Å². The van der Waals surface area contributed by atoms with Gasteiger partial charge in [0.05, 0.1) is 5.54 Å². The highest BCUT2D eigenvalue weighted by molar-refractivity contribution is 5.40. The Morgan fingerprint density at radius 3 is 2.24 bits per heavy atom. The van der Waals surface area contributed by atoms with Crippen LogP contribution in [0.25, 0.3) is 0 Å². The molecule has 1 heteroatoms. The van der Waals surface area contributed by atoms with Crippen LogP contribution in [0.5, 0.6) is 0 Å². The molecule has 1 nitrogen and oxygen atoms in total. The molecular weight excluding hydrogens is 206 g/mol. The van der Waals surface area contributed by atoms with Crippen molar-refractivity contribution in [2.24, 2.45) is 11.1 Å². The Balaban J connectivity index is 2.45. The van der Waals surface area contributed by atoms with E-state index in [1.54, 1.807) is 0 Å². The second kappa shape index (κ2) is 3.99. The first kappa shape index (κ1) is 12.4. The average Bonchev–Trinajstić information content (AvgIpc) is 2.56. The summed E-state index contributed by atoms with van der Waals surface area (Å²) < 4.78 is 0. The Hall–Kier alpha value is -1.08. The van der Waals surface area contributed by atoms with E-state index in [1.807, 2.05) is 6.07 Å². The molecule has 2 N–H and O–H groups in total. The molecular formula is C16H23N. The lowest BCUT2D eigenvalue weighted by Gasteiger charge is -2.29. The van der Waals surface area contributed by atoms with Gasteiger partial charge in [0.25, 0.3) is 0 Å². The zero-order chi connectivity index (χ0) is 12.7. The summed E-state index contributed by atoms with van der Waals surface area (Å²) in [4.78, 5) is 0. The summed E-state index contributed by atoms with van der Waals surface area (Å²) in [6.07, 6.45) is 2.34. The third-order valence-electron chi connectivity index (χ3n) is 4.47. The molecule has 0 saturated carbocycles. The van der Waals surface area contributed by atoms with E-state index >= 15 is 0 Å². The summed E-state index contributed by atoms with van der Waals surface area (Å²) in [5.74, 6) is 0. The molecule has 0 amide bonds. The van der Waals surface area contributed by atoms with Crippen LogP contribution in [-0.4, -0.2) is 0 Å². The lowest BCUT2D eigenvalue weighted by molar-refractivity contribution is 0.442. The van der Waals surface area contributed by atoms with Crippen LogP contribution in [0.1, 0.15) is 46.1 Å². The summed E-state index contributed by atoms with van der Waals surface area (Å²) in [6.45, 7) is 9.02. The van der Waals surface area contributed by atoms with E-state index in [2.05, 4.69) is 52.0 Å². The number of hydrogen-bond acceptors (Lipinski definition) is 1. The van der Waals surface area contributed by atoms with E-state index in [9.17, 15) is 0 Å². The van der Waals surface area contributed by atoms with Gasteiger partial charge in [-0.05, 0) is 43.2 Å². The van der Waals surface area contributed by atoms with E-state index in [0.29, 0.717) is 5.41 Å². The molecule has 92 valence electrons. The van der Waals surface area contributed by atoms with Gasteiger partial charge in [0.2, 0.25) is 0 Å². The third-order valence-corrected chi connectivity index (χ3v) is 4.47. The van der Waals surface area contributed by atoms with E-state index in [4.69, 9.17) is 5.73 Å². The first-order valence-corrected chi connectivity index (χ1v) is 6.41. The lowest BCUT2D eigenvalue weighted by atomic mass is 9.81. The standard InChI is InChI=1S/C16H23N/c1-12-14(10-11-15(12,2)3)16(4,17)13-8-6-5-7-9-13/h5-9H,10-11,17H2,1-4H3. The maximum Gasteiger partial charge on any atom is 0.0599 e. The first-order chi connectivity index (χ1) is 7.86. The highest BCUT2D eigenvalue weighted by Crippen LogP contribution is 2.47. The molecule has 0 aromatic heterocycles. The van der Waals surface area contributed by atoms with Gasteiger partial charge in [0.1, 0.15) is 0 Å². The molecule has 1 aromatic carbocycles. The number of hydrogen-bond donors (Lipinski definition) is 1. The molecule has 0 fully saturated rings. The molecule has 0 saturated heterocycles. The van der Waals surface area contributed by atoms with Gasteiger partial charge in [-0.2, -0.15) is 0 Å². The van der Waals surface area contributed by atoms with Crippen LogP contribution in [0, 0.1) is 5.41 Å². The third kappa shape index (κ3) is 2.04. The van der Waals surface area contributed by atoms with Gasteiger partial charge in [-0.25, -0.2) is 0 Å². The van der Waals surface area contributed by atoms with E-state index in [1.165, 1.54) is 23.1 Å². The summed E-state index contributed by atoms with van der Waals surface area (Å²) >= 11 is 0. The van der Waals surface area contributed by atoms with Crippen molar-refractivity contribution in [3.8, 4) is 0 Å². The monoisotopic (exact) mass is 229 g/mol.